The van der Waals surface area contributed by atoms with Crippen molar-refractivity contribution in [2.24, 2.45) is 5.92 Å². The first-order chi connectivity index (χ1) is 9.04. The van der Waals surface area contributed by atoms with E-state index in [1.54, 1.807) is 0 Å². The Bertz CT molecular complexity index is 371. The zero-order chi connectivity index (χ0) is 14.3. The SMILES string of the molecule is CC(C)CCOCCOc1c(Br)cc(CBr)cc1Br. The van der Waals surface area contributed by atoms with E-state index in [1.165, 1.54) is 5.56 Å². The molecule has 0 atom stereocenters. The minimum atomic E-state index is 0.558. The monoisotopic (exact) mass is 456 g/mol. The van der Waals surface area contributed by atoms with Crippen molar-refractivity contribution in [3.8, 4) is 5.75 Å². The Kier molecular flexibility index (Phi) is 8.62. The summed E-state index contributed by atoms with van der Waals surface area (Å²) in [4.78, 5) is 0. The fourth-order valence-electron chi connectivity index (χ4n) is 1.45. The van der Waals surface area contributed by atoms with Gasteiger partial charge in [0.05, 0.1) is 15.6 Å². The second-order valence-electron chi connectivity index (χ2n) is 4.67. The molecule has 0 saturated carbocycles. The smallest absolute Gasteiger partial charge is 0.147 e. The molecule has 0 unspecified atom stereocenters. The third-order valence-electron chi connectivity index (χ3n) is 2.53. The van der Waals surface area contributed by atoms with E-state index in [1.807, 2.05) is 0 Å². The zero-order valence-corrected chi connectivity index (χ0v) is 16.0. The number of halogens is 3. The molecule has 1 rings (SSSR count). The maximum atomic E-state index is 5.74. The van der Waals surface area contributed by atoms with E-state index in [9.17, 15) is 0 Å². The van der Waals surface area contributed by atoms with Gasteiger partial charge in [-0.3, -0.25) is 0 Å². The van der Waals surface area contributed by atoms with Crippen molar-refractivity contribution < 1.29 is 9.47 Å². The van der Waals surface area contributed by atoms with Gasteiger partial charge in [-0.05, 0) is 61.9 Å². The number of benzene rings is 1. The van der Waals surface area contributed by atoms with Crippen LogP contribution in [0.5, 0.6) is 5.75 Å². The highest BCUT2D eigenvalue weighted by molar-refractivity contribution is 9.11. The molecule has 0 fully saturated rings. The van der Waals surface area contributed by atoms with Gasteiger partial charge >= 0.3 is 0 Å². The molecule has 1 aromatic carbocycles. The fourth-order valence-corrected chi connectivity index (χ4v) is 3.29. The van der Waals surface area contributed by atoms with E-state index in [0.29, 0.717) is 19.1 Å². The van der Waals surface area contributed by atoms with Gasteiger partial charge in [-0.1, -0.05) is 29.8 Å². The van der Waals surface area contributed by atoms with Crippen molar-refractivity contribution >= 4 is 47.8 Å². The van der Waals surface area contributed by atoms with Crippen LogP contribution in [-0.4, -0.2) is 19.8 Å². The maximum absolute atomic E-state index is 5.74. The molecule has 2 nitrogen and oxygen atoms in total. The topological polar surface area (TPSA) is 18.5 Å². The van der Waals surface area contributed by atoms with Crippen LogP contribution in [-0.2, 0) is 10.1 Å². The summed E-state index contributed by atoms with van der Waals surface area (Å²) in [7, 11) is 0. The maximum Gasteiger partial charge on any atom is 0.147 e. The highest BCUT2D eigenvalue weighted by Crippen LogP contribution is 2.35. The molecule has 0 saturated heterocycles. The average Bonchev–Trinajstić information content (AvgIpc) is 2.35. The highest BCUT2D eigenvalue weighted by atomic mass is 79.9. The lowest BCUT2D eigenvalue weighted by atomic mass is 10.1. The minimum absolute atomic E-state index is 0.558. The zero-order valence-electron chi connectivity index (χ0n) is 11.2. The van der Waals surface area contributed by atoms with Crippen molar-refractivity contribution in [1.82, 2.24) is 0 Å². The molecule has 0 bridgehead atoms. The van der Waals surface area contributed by atoms with Crippen molar-refractivity contribution in [3.63, 3.8) is 0 Å². The average molecular weight is 459 g/mol. The van der Waals surface area contributed by atoms with Gasteiger partial charge in [0, 0.05) is 11.9 Å². The van der Waals surface area contributed by atoms with Crippen LogP contribution in [0, 0.1) is 5.92 Å². The van der Waals surface area contributed by atoms with Gasteiger partial charge < -0.3 is 9.47 Å². The van der Waals surface area contributed by atoms with Gasteiger partial charge in [0.1, 0.15) is 12.4 Å². The Morgan fingerprint density at radius 3 is 2.21 bits per heavy atom. The predicted molar refractivity (Wildman–Crippen MR) is 90.2 cm³/mol. The standard InChI is InChI=1S/C14H19Br3O2/c1-10(2)3-4-18-5-6-19-14-12(16)7-11(9-15)8-13(14)17/h7-8,10H,3-6,9H2,1-2H3. The van der Waals surface area contributed by atoms with Gasteiger partial charge in [-0.2, -0.15) is 0 Å². The first-order valence-electron chi connectivity index (χ1n) is 6.29. The molecular weight excluding hydrogens is 440 g/mol. The molecule has 0 aliphatic rings. The van der Waals surface area contributed by atoms with Crippen molar-refractivity contribution in [3.05, 3.63) is 26.6 Å². The van der Waals surface area contributed by atoms with Crippen LogP contribution in [0.15, 0.2) is 21.1 Å². The Balaban J connectivity index is 2.37. The van der Waals surface area contributed by atoms with E-state index < -0.39 is 0 Å². The van der Waals surface area contributed by atoms with Gasteiger partial charge in [0.2, 0.25) is 0 Å². The molecule has 0 heterocycles. The second kappa shape index (κ2) is 9.37. The molecular formula is C14H19Br3O2. The number of hydrogen-bond donors (Lipinski definition) is 0. The minimum Gasteiger partial charge on any atom is -0.489 e. The summed E-state index contributed by atoms with van der Waals surface area (Å²) < 4.78 is 13.2. The van der Waals surface area contributed by atoms with Crippen molar-refractivity contribution in [1.29, 1.82) is 0 Å². The molecule has 0 spiro atoms. The van der Waals surface area contributed by atoms with E-state index in [4.69, 9.17) is 9.47 Å². The van der Waals surface area contributed by atoms with Gasteiger partial charge in [-0.15, -0.1) is 0 Å². The summed E-state index contributed by atoms with van der Waals surface area (Å²) in [5, 5.41) is 0.822. The Morgan fingerprint density at radius 1 is 1.05 bits per heavy atom. The van der Waals surface area contributed by atoms with Gasteiger partial charge in [0.15, 0.2) is 0 Å². The lowest BCUT2D eigenvalue weighted by Crippen LogP contribution is -2.09. The summed E-state index contributed by atoms with van der Waals surface area (Å²) in [5.41, 5.74) is 1.19. The second-order valence-corrected chi connectivity index (χ2v) is 6.93. The summed E-state index contributed by atoms with van der Waals surface area (Å²) in [5.74, 6) is 1.51. The normalized spacial score (nSPS) is 11.1. The molecule has 0 radical (unpaired) electrons. The van der Waals surface area contributed by atoms with Crippen LogP contribution in [0.2, 0.25) is 0 Å². The fraction of sp³-hybridized carbons (Fsp3) is 0.571. The molecule has 0 aliphatic heterocycles. The predicted octanol–water partition coefficient (Wildman–Crippen LogP) is 5.55. The summed E-state index contributed by atoms with van der Waals surface area (Å²) in [6.07, 6.45) is 1.09. The van der Waals surface area contributed by atoms with Crippen LogP contribution in [0.25, 0.3) is 0 Å². The van der Waals surface area contributed by atoms with Crippen LogP contribution in [0.3, 0.4) is 0 Å². The molecule has 5 heteroatoms. The first-order valence-corrected chi connectivity index (χ1v) is 8.99. The first kappa shape index (κ1) is 17.5. The van der Waals surface area contributed by atoms with E-state index in [0.717, 1.165) is 33.1 Å². The summed E-state index contributed by atoms with van der Waals surface area (Å²) >= 11 is 10.5. The molecule has 19 heavy (non-hydrogen) atoms. The van der Waals surface area contributed by atoms with Gasteiger partial charge in [0.25, 0.3) is 0 Å². The molecule has 0 N–H and O–H groups in total. The number of hydrogen-bond acceptors (Lipinski definition) is 2. The van der Waals surface area contributed by atoms with Crippen LogP contribution in [0.4, 0.5) is 0 Å². The Hall–Kier alpha value is 0.420. The Morgan fingerprint density at radius 2 is 1.68 bits per heavy atom. The summed E-state index contributed by atoms with van der Waals surface area (Å²) in [6, 6.07) is 4.10. The molecule has 1 aromatic rings. The van der Waals surface area contributed by atoms with Crippen molar-refractivity contribution in [2.45, 2.75) is 25.6 Å². The quantitative estimate of drug-likeness (QED) is 0.375. The summed E-state index contributed by atoms with van der Waals surface area (Å²) in [6.45, 7) is 6.36. The van der Waals surface area contributed by atoms with E-state index >= 15 is 0 Å². The number of alkyl halides is 1. The molecule has 0 amide bonds. The third-order valence-corrected chi connectivity index (χ3v) is 4.35. The van der Waals surface area contributed by atoms with Crippen LogP contribution < -0.4 is 4.74 Å². The van der Waals surface area contributed by atoms with E-state index in [-0.39, 0.29) is 0 Å². The van der Waals surface area contributed by atoms with Crippen LogP contribution in [0.1, 0.15) is 25.8 Å². The van der Waals surface area contributed by atoms with E-state index in [2.05, 4.69) is 73.8 Å². The number of ether oxygens (including phenoxy) is 2. The van der Waals surface area contributed by atoms with Gasteiger partial charge in [-0.25, -0.2) is 0 Å². The van der Waals surface area contributed by atoms with Crippen molar-refractivity contribution in [2.75, 3.05) is 19.8 Å². The molecule has 0 aromatic heterocycles. The third kappa shape index (κ3) is 6.61. The number of rotatable bonds is 8. The highest BCUT2D eigenvalue weighted by Gasteiger charge is 2.08. The lowest BCUT2D eigenvalue weighted by Gasteiger charge is -2.12. The lowest BCUT2D eigenvalue weighted by molar-refractivity contribution is 0.0921. The van der Waals surface area contributed by atoms with Crippen LogP contribution >= 0.6 is 47.8 Å². The molecule has 108 valence electrons. The Labute approximate surface area is 140 Å². The largest absolute Gasteiger partial charge is 0.489 e. The molecule has 0 aliphatic carbocycles.